The van der Waals surface area contributed by atoms with Gasteiger partial charge in [0.1, 0.15) is 5.82 Å². The monoisotopic (exact) mass is 313 g/mol. The van der Waals surface area contributed by atoms with Crippen LogP contribution in [0.5, 0.6) is 0 Å². The predicted octanol–water partition coefficient (Wildman–Crippen LogP) is 2.67. The van der Waals surface area contributed by atoms with Gasteiger partial charge in [-0.1, -0.05) is 12.8 Å². The van der Waals surface area contributed by atoms with Crippen molar-refractivity contribution < 1.29 is 17.5 Å². The second-order valence-corrected chi connectivity index (χ2v) is 8.20. The molecule has 1 saturated heterocycles. The topological polar surface area (TPSA) is 69.4 Å². The predicted molar refractivity (Wildman–Crippen MR) is 78.2 cm³/mol. The molecule has 0 bridgehead atoms. The van der Waals surface area contributed by atoms with Crippen molar-refractivity contribution in [1.82, 2.24) is 0 Å². The van der Waals surface area contributed by atoms with Crippen molar-refractivity contribution in [3.63, 3.8) is 0 Å². The largest absolute Gasteiger partial charge is 0.399 e. The van der Waals surface area contributed by atoms with Crippen LogP contribution in [0.4, 0.5) is 10.1 Å². The Hall–Kier alpha value is -1.14. The molecule has 21 heavy (non-hydrogen) atoms. The Morgan fingerprint density at radius 2 is 1.95 bits per heavy atom. The molecule has 0 radical (unpaired) electrons. The minimum absolute atomic E-state index is 0.0593. The van der Waals surface area contributed by atoms with E-state index in [1.807, 2.05) is 0 Å². The summed E-state index contributed by atoms with van der Waals surface area (Å²) in [7, 11) is -3.58. The van der Waals surface area contributed by atoms with Gasteiger partial charge in [-0.05, 0) is 43.9 Å². The molecule has 1 spiro atoms. The van der Waals surface area contributed by atoms with Crippen molar-refractivity contribution in [2.24, 2.45) is 0 Å². The van der Waals surface area contributed by atoms with Gasteiger partial charge in [0.2, 0.25) is 0 Å². The molecule has 0 amide bonds. The first-order chi connectivity index (χ1) is 9.89. The molecule has 1 unspecified atom stereocenters. The van der Waals surface area contributed by atoms with E-state index in [1.54, 1.807) is 0 Å². The number of nitrogen functional groups attached to an aromatic ring is 1. The molecule has 116 valence electrons. The van der Waals surface area contributed by atoms with Crippen molar-refractivity contribution in [2.75, 3.05) is 11.5 Å². The van der Waals surface area contributed by atoms with Gasteiger partial charge in [0.05, 0.1) is 22.4 Å². The first kappa shape index (κ1) is 14.8. The highest BCUT2D eigenvalue weighted by Gasteiger charge is 2.43. The van der Waals surface area contributed by atoms with Gasteiger partial charge in [-0.2, -0.15) is 0 Å². The van der Waals surface area contributed by atoms with E-state index in [9.17, 15) is 12.8 Å². The summed E-state index contributed by atoms with van der Waals surface area (Å²) in [5.41, 5.74) is 5.55. The molecule has 1 aromatic rings. The maximum absolute atomic E-state index is 13.3. The van der Waals surface area contributed by atoms with Crippen molar-refractivity contribution in [3.8, 4) is 0 Å². The van der Waals surface area contributed by atoms with E-state index in [4.69, 9.17) is 10.5 Å². The Labute approximate surface area is 124 Å². The van der Waals surface area contributed by atoms with Crippen molar-refractivity contribution in [2.45, 2.75) is 55.1 Å². The number of hydrogen-bond acceptors (Lipinski definition) is 4. The summed E-state index contributed by atoms with van der Waals surface area (Å²) >= 11 is 0. The second-order valence-electron chi connectivity index (χ2n) is 6.17. The number of rotatable bonds is 3. The van der Waals surface area contributed by atoms with Gasteiger partial charge in [-0.25, -0.2) is 12.8 Å². The Morgan fingerprint density at radius 1 is 1.24 bits per heavy atom. The maximum atomic E-state index is 13.3. The van der Waals surface area contributed by atoms with Crippen LogP contribution in [0.25, 0.3) is 0 Å². The summed E-state index contributed by atoms with van der Waals surface area (Å²) < 4.78 is 44.1. The highest BCUT2D eigenvalue weighted by molar-refractivity contribution is 7.91. The Morgan fingerprint density at radius 3 is 2.62 bits per heavy atom. The van der Waals surface area contributed by atoms with Gasteiger partial charge in [0.25, 0.3) is 0 Å². The lowest BCUT2D eigenvalue weighted by atomic mass is 9.98. The fourth-order valence-corrected chi connectivity index (χ4v) is 5.03. The molecule has 1 aliphatic carbocycles. The average Bonchev–Trinajstić information content (AvgIpc) is 2.99. The summed E-state index contributed by atoms with van der Waals surface area (Å²) in [5.74, 6) is -0.731. The number of nitrogens with two attached hydrogens (primary N) is 1. The molecule has 1 aliphatic heterocycles. The highest BCUT2D eigenvalue weighted by Crippen LogP contribution is 2.43. The highest BCUT2D eigenvalue weighted by atomic mass is 32.2. The van der Waals surface area contributed by atoms with Gasteiger partial charge in [-0.3, -0.25) is 0 Å². The lowest BCUT2D eigenvalue weighted by Gasteiger charge is -2.23. The number of sulfone groups is 1. The number of benzene rings is 1. The van der Waals surface area contributed by atoms with Crippen LogP contribution in [-0.2, 0) is 14.6 Å². The summed E-state index contributed by atoms with van der Waals surface area (Å²) in [6, 6.07) is 3.43. The number of halogens is 1. The lowest BCUT2D eigenvalue weighted by molar-refractivity contribution is -0.0273. The summed E-state index contributed by atoms with van der Waals surface area (Å²) in [5, 5.41) is 0. The maximum Gasteiger partial charge on any atom is 0.181 e. The third-order valence-electron chi connectivity index (χ3n) is 4.51. The van der Waals surface area contributed by atoms with Crippen LogP contribution in [0.2, 0.25) is 0 Å². The zero-order chi connectivity index (χ0) is 15.1. The van der Waals surface area contributed by atoms with Crippen LogP contribution in [0.1, 0.15) is 38.5 Å². The Balaban J connectivity index is 1.74. The number of anilines is 1. The van der Waals surface area contributed by atoms with Crippen LogP contribution < -0.4 is 5.73 Å². The fraction of sp³-hybridized carbons (Fsp3) is 0.600. The van der Waals surface area contributed by atoms with Gasteiger partial charge in [0.15, 0.2) is 9.84 Å². The molecule has 2 fully saturated rings. The summed E-state index contributed by atoms with van der Waals surface area (Å²) in [6.45, 7) is 0. The fourth-order valence-electron chi connectivity index (χ4n) is 3.50. The zero-order valence-corrected chi connectivity index (χ0v) is 12.7. The quantitative estimate of drug-likeness (QED) is 0.871. The number of ether oxygens (including phenoxy) is 1. The van der Waals surface area contributed by atoms with E-state index in [0.29, 0.717) is 0 Å². The van der Waals surface area contributed by atoms with E-state index in [-0.39, 0.29) is 28.0 Å². The van der Waals surface area contributed by atoms with E-state index in [0.717, 1.165) is 50.7 Å². The van der Waals surface area contributed by atoms with E-state index >= 15 is 0 Å². The first-order valence-corrected chi connectivity index (χ1v) is 9.01. The SMILES string of the molecule is Nc1cc(F)cc(S(=O)(=O)CC2CCC3(CCCC3)O2)c1. The Bertz CT molecular complexity index is 618. The normalized spacial score (nSPS) is 24.7. The smallest absolute Gasteiger partial charge is 0.181 e. The third kappa shape index (κ3) is 3.06. The number of hydrogen-bond donors (Lipinski definition) is 1. The molecule has 1 atom stereocenters. The summed E-state index contributed by atoms with van der Waals surface area (Å²) in [6.07, 6.45) is 5.74. The van der Waals surface area contributed by atoms with E-state index < -0.39 is 15.7 Å². The minimum atomic E-state index is -3.58. The molecule has 3 rings (SSSR count). The molecule has 1 saturated carbocycles. The van der Waals surface area contributed by atoms with Crippen LogP contribution in [0.15, 0.2) is 23.1 Å². The molecule has 6 heteroatoms. The second kappa shape index (κ2) is 5.25. The molecular weight excluding hydrogens is 293 g/mol. The molecular formula is C15H20FNO3S. The van der Waals surface area contributed by atoms with Crippen LogP contribution in [0, 0.1) is 5.82 Å². The summed E-state index contributed by atoms with van der Waals surface area (Å²) in [4.78, 5) is -0.0593. The average molecular weight is 313 g/mol. The van der Waals surface area contributed by atoms with E-state index in [1.165, 1.54) is 6.07 Å². The van der Waals surface area contributed by atoms with Crippen LogP contribution >= 0.6 is 0 Å². The van der Waals surface area contributed by atoms with Crippen molar-refractivity contribution in [3.05, 3.63) is 24.0 Å². The van der Waals surface area contributed by atoms with E-state index in [2.05, 4.69) is 0 Å². The molecule has 2 N–H and O–H groups in total. The van der Waals surface area contributed by atoms with Crippen LogP contribution in [-0.4, -0.2) is 25.9 Å². The molecule has 1 aromatic carbocycles. The van der Waals surface area contributed by atoms with Crippen LogP contribution in [0.3, 0.4) is 0 Å². The first-order valence-electron chi connectivity index (χ1n) is 7.35. The molecule has 4 nitrogen and oxygen atoms in total. The minimum Gasteiger partial charge on any atom is -0.399 e. The molecule has 2 aliphatic rings. The lowest BCUT2D eigenvalue weighted by Crippen LogP contribution is -2.28. The van der Waals surface area contributed by atoms with Crippen molar-refractivity contribution in [1.29, 1.82) is 0 Å². The van der Waals surface area contributed by atoms with Gasteiger partial charge >= 0.3 is 0 Å². The third-order valence-corrected chi connectivity index (χ3v) is 6.28. The van der Waals surface area contributed by atoms with Gasteiger partial charge in [0, 0.05) is 5.69 Å². The van der Waals surface area contributed by atoms with Gasteiger partial charge in [-0.15, -0.1) is 0 Å². The standard InChI is InChI=1S/C15H20FNO3S/c16-11-7-12(17)9-14(8-11)21(18,19)10-13-3-6-15(20-13)4-1-2-5-15/h7-9,13H,1-6,10,17H2. The Kier molecular flexibility index (Phi) is 3.69. The molecule has 1 heterocycles. The zero-order valence-electron chi connectivity index (χ0n) is 11.8. The van der Waals surface area contributed by atoms with Gasteiger partial charge < -0.3 is 10.5 Å². The molecule has 0 aromatic heterocycles. The van der Waals surface area contributed by atoms with Crippen molar-refractivity contribution >= 4 is 15.5 Å².